The molecule has 1 saturated heterocycles. The van der Waals surface area contributed by atoms with Crippen LogP contribution in [0.5, 0.6) is 0 Å². The monoisotopic (exact) mass is 248 g/mol. The van der Waals surface area contributed by atoms with Crippen molar-refractivity contribution in [1.82, 2.24) is 9.80 Å². The highest BCUT2D eigenvalue weighted by atomic mass is 16.2. The van der Waals surface area contributed by atoms with Gasteiger partial charge in [-0.2, -0.15) is 0 Å². The SMILES string of the molecule is C=CCN1C(=O)N(CC=C)C2(CCCCC2)C1=O. The Morgan fingerprint density at radius 2 is 1.67 bits per heavy atom. The minimum atomic E-state index is -0.605. The van der Waals surface area contributed by atoms with Crippen LogP contribution in [0.4, 0.5) is 4.79 Å². The van der Waals surface area contributed by atoms with E-state index in [0.29, 0.717) is 13.1 Å². The molecule has 1 spiro atoms. The van der Waals surface area contributed by atoms with Gasteiger partial charge in [-0.05, 0) is 12.8 Å². The lowest BCUT2D eigenvalue weighted by Gasteiger charge is -2.37. The maximum atomic E-state index is 12.5. The Morgan fingerprint density at radius 1 is 1.06 bits per heavy atom. The highest BCUT2D eigenvalue weighted by Crippen LogP contribution is 2.40. The van der Waals surface area contributed by atoms with Crippen molar-refractivity contribution in [1.29, 1.82) is 0 Å². The number of rotatable bonds is 4. The molecule has 2 aliphatic rings. The lowest BCUT2D eigenvalue weighted by Crippen LogP contribution is -2.51. The Hall–Kier alpha value is -1.58. The van der Waals surface area contributed by atoms with E-state index in [0.717, 1.165) is 32.1 Å². The summed E-state index contributed by atoms with van der Waals surface area (Å²) in [5, 5.41) is 0. The van der Waals surface area contributed by atoms with Crippen molar-refractivity contribution >= 4 is 11.9 Å². The maximum Gasteiger partial charge on any atom is 0.328 e. The van der Waals surface area contributed by atoms with Crippen LogP contribution < -0.4 is 0 Å². The van der Waals surface area contributed by atoms with Gasteiger partial charge in [0.25, 0.3) is 5.91 Å². The van der Waals surface area contributed by atoms with E-state index < -0.39 is 5.54 Å². The molecule has 0 aromatic heterocycles. The zero-order valence-corrected chi connectivity index (χ0v) is 10.7. The third-order valence-corrected chi connectivity index (χ3v) is 3.93. The highest BCUT2D eigenvalue weighted by molar-refractivity contribution is 6.07. The fraction of sp³-hybridized carbons (Fsp3) is 0.571. The van der Waals surface area contributed by atoms with Crippen LogP contribution in [0, 0.1) is 0 Å². The molecule has 4 heteroatoms. The molecule has 0 unspecified atom stereocenters. The van der Waals surface area contributed by atoms with E-state index >= 15 is 0 Å². The van der Waals surface area contributed by atoms with Crippen LogP contribution in [0.25, 0.3) is 0 Å². The zero-order valence-electron chi connectivity index (χ0n) is 10.7. The topological polar surface area (TPSA) is 40.6 Å². The van der Waals surface area contributed by atoms with Crippen molar-refractivity contribution in [2.24, 2.45) is 0 Å². The van der Waals surface area contributed by atoms with Crippen molar-refractivity contribution in [3.63, 3.8) is 0 Å². The Morgan fingerprint density at radius 3 is 2.22 bits per heavy atom. The number of nitrogens with zero attached hydrogens (tertiary/aromatic N) is 2. The van der Waals surface area contributed by atoms with Crippen molar-refractivity contribution < 1.29 is 9.59 Å². The van der Waals surface area contributed by atoms with Crippen LogP contribution in [0.3, 0.4) is 0 Å². The lowest BCUT2D eigenvalue weighted by molar-refractivity contribution is -0.134. The normalized spacial score (nSPS) is 22.7. The molecule has 0 N–H and O–H groups in total. The molecular weight excluding hydrogens is 228 g/mol. The third-order valence-electron chi connectivity index (χ3n) is 3.93. The van der Waals surface area contributed by atoms with E-state index in [-0.39, 0.29) is 11.9 Å². The van der Waals surface area contributed by atoms with Crippen LogP contribution >= 0.6 is 0 Å². The van der Waals surface area contributed by atoms with Gasteiger partial charge in [-0.3, -0.25) is 9.69 Å². The van der Waals surface area contributed by atoms with Crippen molar-refractivity contribution in [2.75, 3.05) is 13.1 Å². The molecule has 98 valence electrons. The molecule has 2 fully saturated rings. The van der Waals surface area contributed by atoms with E-state index in [2.05, 4.69) is 13.2 Å². The molecular formula is C14H20N2O2. The second-order valence-electron chi connectivity index (χ2n) is 4.98. The predicted molar refractivity (Wildman–Crippen MR) is 70.0 cm³/mol. The number of hydrogen-bond acceptors (Lipinski definition) is 2. The largest absolute Gasteiger partial charge is 0.328 e. The molecule has 0 aromatic carbocycles. The molecule has 0 radical (unpaired) electrons. The van der Waals surface area contributed by atoms with Gasteiger partial charge in [0.2, 0.25) is 0 Å². The van der Waals surface area contributed by atoms with E-state index in [4.69, 9.17) is 0 Å². The molecule has 0 bridgehead atoms. The molecule has 1 aliphatic carbocycles. The van der Waals surface area contributed by atoms with Gasteiger partial charge in [0.15, 0.2) is 0 Å². The summed E-state index contributed by atoms with van der Waals surface area (Å²) in [5.74, 6) is -0.0473. The van der Waals surface area contributed by atoms with Crippen LogP contribution in [0.15, 0.2) is 25.3 Å². The van der Waals surface area contributed by atoms with Gasteiger partial charge in [0.1, 0.15) is 5.54 Å². The van der Waals surface area contributed by atoms with E-state index in [1.54, 1.807) is 17.1 Å². The first kappa shape index (κ1) is 12.9. The molecule has 0 atom stereocenters. The average molecular weight is 248 g/mol. The summed E-state index contributed by atoms with van der Waals surface area (Å²) in [7, 11) is 0. The predicted octanol–water partition coefficient (Wildman–Crippen LogP) is 2.33. The van der Waals surface area contributed by atoms with Gasteiger partial charge in [-0.25, -0.2) is 4.79 Å². The minimum Gasteiger partial charge on any atom is -0.306 e. The Bertz CT molecular complexity index is 383. The first-order chi connectivity index (χ1) is 8.67. The van der Waals surface area contributed by atoms with Crippen molar-refractivity contribution in [3.05, 3.63) is 25.3 Å². The smallest absolute Gasteiger partial charge is 0.306 e. The van der Waals surface area contributed by atoms with Crippen LogP contribution in [-0.2, 0) is 4.79 Å². The van der Waals surface area contributed by atoms with Crippen LogP contribution in [0.1, 0.15) is 32.1 Å². The summed E-state index contributed by atoms with van der Waals surface area (Å²) in [4.78, 5) is 27.9. The molecule has 2 rings (SSSR count). The summed E-state index contributed by atoms with van der Waals surface area (Å²) in [6.07, 6.45) is 8.01. The van der Waals surface area contributed by atoms with Crippen molar-refractivity contribution in [3.8, 4) is 0 Å². The number of hydrogen-bond donors (Lipinski definition) is 0. The summed E-state index contributed by atoms with van der Waals surface area (Å²) in [5.41, 5.74) is -0.605. The second kappa shape index (κ2) is 4.96. The average Bonchev–Trinajstić information content (AvgIpc) is 2.57. The Balaban J connectivity index is 2.34. The molecule has 3 amide bonds. The molecule has 1 saturated carbocycles. The Kier molecular flexibility index (Phi) is 3.55. The number of carbonyl (C=O) groups excluding carboxylic acids is 2. The Labute approximate surface area is 108 Å². The summed E-state index contributed by atoms with van der Waals surface area (Å²) < 4.78 is 0. The summed E-state index contributed by atoms with van der Waals surface area (Å²) in [6.45, 7) is 8.04. The van der Waals surface area contributed by atoms with E-state index in [9.17, 15) is 9.59 Å². The number of amides is 3. The van der Waals surface area contributed by atoms with Gasteiger partial charge in [0.05, 0.1) is 0 Å². The van der Waals surface area contributed by atoms with Gasteiger partial charge >= 0.3 is 6.03 Å². The van der Waals surface area contributed by atoms with Crippen molar-refractivity contribution in [2.45, 2.75) is 37.6 Å². The van der Waals surface area contributed by atoms with Gasteiger partial charge in [-0.1, -0.05) is 31.4 Å². The first-order valence-electron chi connectivity index (χ1n) is 6.53. The molecule has 18 heavy (non-hydrogen) atoms. The maximum absolute atomic E-state index is 12.5. The first-order valence-corrected chi connectivity index (χ1v) is 6.53. The number of urea groups is 1. The minimum absolute atomic E-state index is 0.0473. The van der Waals surface area contributed by atoms with Crippen LogP contribution in [0.2, 0.25) is 0 Å². The molecule has 1 aliphatic heterocycles. The fourth-order valence-electron chi connectivity index (χ4n) is 3.07. The fourth-order valence-corrected chi connectivity index (χ4v) is 3.07. The molecule has 1 heterocycles. The summed E-state index contributed by atoms with van der Waals surface area (Å²) in [6, 6.07) is -0.193. The standard InChI is InChI=1S/C14H20N2O2/c1-3-10-15-12(17)14(8-6-5-7-9-14)16(11-4-2)13(15)18/h3-4H,1-2,5-11H2. The van der Waals surface area contributed by atoms with E-state index in [1.807, 2.05) is 0 Å². The van der Waals surface area contributed by atoms with Gasteiger partial charge in [0, 0.05) is 13.1 Å². The number of carbonyl (C=O) groups is 2. The second-order valence-corrected chi connectivity index (χ2v) is 4.98. The molecule has 0 aromatic rings. The van der Waals surface area contributed by atoms with Crippen LogP contribution in [-0.4, -0.2) is 40.4 Å². The van der Waals surface area contributed by atoms with Gasteiger partial charge < -0.3 is 4.90 Å². The van der Waals surface area contributed by atoms with Gasteiger partial charge in [-0.15, -0.1) is 13.2 Å². The zero-order chi connectivity index (χ0) is 13.2. The van der Waals surface area contributed by atoms with E-state index in [1.165, 1.54) is 4.90 Å². The quantitative estimate of drug-likeness (QED) is 0.566. The third kappa shape index (κ3) is 1.76. The lowest BCUT2D eigenvalue weighted by atomic mass is 9.80. The highest BCUT2D eigenvalue weighted by Gasteiger charge is 2.56. The number of imide groups is 1. The summed E-state index contributed by atoms with van der Waals surface area (Å²) >= 11 is 0. The molecule has 4 nitrogen and oxygen atoms in total.